The monoisotopic (exact) mass is 429 g/mol. The molecule has 0 spiro atoms. The Balaban J connectivity index is 1.91. The zero-order valence-corrected chi connectivity index (χ0v) is 18.6. The predicted octanol–water partition coefficient (Wildman–Crippen LogP) is 4.34. The number of nitrogens with one attached hydrogen (secondary N) is 1. The number of nitrogens with zero attached hydrogens (tertiary/aromatic N) is 4. The molecular formula is C25H27N5O2. The molecule has 4 aromatic rings. The van der Waals surface area contributed by atoms with Gasteiger partial charge in [0.05, 0.1) is 22.8 Å². The molecule has 0 fully saturated rings. The van der Waals surface area contributed by atoms with Gasteiger partial charge in [-0.1, -0.05) is 43.7 Å². The Kier molecular flexibility index (Phi) is 6.16. The Morgan fingerprint density at radius 2 is 1.84 bits per heavy atom. The van der Waals surface area contributed by atoms with E-state index in [9.17, 15) is 9.59 Å². The molecule has 32 heavy (non-hydrogen) atoms. The van der Waals surface area contributed by atoms with Crippen LogP contribution in [0.25, 0.3) is 28.0 Å². The van der Waals surface area contributed by atoms with Crippen LogP contribution in [0.5, 0.6) is 0 Å². The van der Waals surface area contributed by atoms with Crippen molar-refractivity contribution in [3.05, 3.63) is 76.7 Å². The number of hydrogen-bond donors (Lipinski definition) is 1. The summed E-state index contributed by atoms with van der Waals surface area (Å²) >= 11 is 0. The van der Waals surface area contributed by atoms with Crippen LogP contribution in [-0.2, 0) is 0 Å². The van der Waals surface area contributed by atoms with E-state index in [-0.39, 0.29) is 17.5 Å². The van der Waals surface area contributed by atoms with Crippen LogP contribution >= 0.6 is 0 Å². The number of amides is 1. The van der Waals surface area contributed by atoms with Gasteiger partial charge in [-0.05, 0) is 38.5 Å². The van der Waals surface area contributed by atoms with E-state index in [1.807, 2.05) is 50.2 Å². The fourth-order valence-corrected chi connectivity index (χ4v) is 3.65. The summed E-state index contributed by atoms with van der Waals surface area (Å²) in [5.74, 6) is -0.116. The fourth-order valence-electron chi connectivity index (χ4n) is 3.65. The van der Waals surface area contributed by atoms with Gasteiger partial charge < -0.3 is 5.32 Å². The SMILES string of the molecule is CCCCNC(=O)c1ccn2nc(-c3ccccc3)c(-c3ccc(=O)n(C(C)C)n3)c2c1. The Hall–Kier alpha value is -3.74. The third-order valence-corrected chi connectivity index (χ3v) is 5.33. The summed E-state index contributed by atoms with van der Waals surface area (Å²) in [6.45, 7) is 6.57. The molecule has 4 rings (SSSR count). The molecule has 0 aliphatic carbocycles. The van der Waals surface area contributed by atoms with Gasteiger partial charge >= 0.3 is 0 Å². The molecule has 0 saturated carbocycles. The van der Waals surface area contributed by atoms with E-state index in [4.69, 9.17) is 5.10 Å². The number of carbonyl (C=O) groups is 1. The Morgan fingerprint density at radius 1 is 1.06 bits per heavy atom. The van der Waals surface area contributed by atoms with Gasteiger partial charge in [0.1, 0.15) is 5.69 Å². The molecule has 1 aromatic carbocycles. The van der Waals surface area contributed by atoms with Crippen LogP contribution in [-0.4, -0.2) is 31.8 Å². The van der Waals surface area contributed by atoms with E-state index in [1.165, 1.54) is 10.7 Å². The summed E-state index contributed by atoms with van der Waals surface area (Å²) in [5, 5.41) is 12.4. The lowest BCUT2D eigenvalue weighted by Crippen LogP contribution is -2.24. The number of benzene rings is 1. The lowest BCUT2D eigenvalue weighted by Gasteiger charge is -2.11. The molecule has 7 heteroatoms. The molecule has 1 N–H and O–H groups in total. The fraction of sp³-hybridized carbons (Fsp3) is 0.280. The maximum atomic E-state index is 12.7. The molecule has 0 aliphatic heterocycles. The standard InChI is InChI=1S/C25H27N5O2/c1-4-5-14-26-25(32)19-13-15-29-21(16-19)23(24(28-29)18-9-7-6-8-10-18)20-11-12-22(31)30(27-20)17(2)3/h6-13,15-17H,4-5,14H2,1-3H3,(H,26,32). The van der Waals surface area contributed by atoms with Crippen LogP contribution < -0.4 is 10.9 Å². The second-order valence-electron chi connectivity index (χ2n) is 8.04. The van der Waals surface area contributed by atoms with Crippen molar-refractivity contribution in [1.29, 1.82) is 0 Å². The minimum atomic E-state index is -0.155. The molecule has 0 atom stereocenters. The van der Waals surface area contributed by atoms with E-state index in [0.717, 1.165) is 35.2 Å². The number of fused-ring (bicyclic) bond motifs is 1. The summed E-state index contributed by atoms with van der Waals surface area (Å²) in [4.78, 5) is 25.0. The molecular weight excluding hydrogens is 402 g/mol. The van der Waals surface area contributed by atoms with Gasteiger partial charge in [-0.15, -0.1) is 0 Å². The van der Waals surface area contributed by atoms with E-state index in [1.54, 1.807) is 22.8 Å². The lowest BCUT2D eigenvalue weighted by molar-refractivity contribution is 0.0953. The first-order chi connectivity index (χ1) is 15.5. The van der Waals surface area contributed by atoms with Crippen LogP contribution in [0.4, 0.5) is 0 Å². The molecule has 0 saturated heterocycles. The van der Waals surface area contributed by atoms with Crippen molar-refractivity contribution in [2.45, 2.75) is 39.7 Å². The molecule has 3 heterocycles. The molecule has 1 amide bonds. The van der Waals surface area contributed by atoms with Gasteiger partial charge in [0.15, 0.2) is 0 Å². The Bertz CT molecular complexity index is 1310. The van der Waals surface area contributed by atoms with E-state index >= 15 is 0 Å². The quantitative estimate of drug-likeness (QED) is 0.443. The molecule has 0 unspecified atom stereocenters. The highest BCUT2D eigenvalue weighted by Crippen LogP contribution is 2.34. The first kappa shape index (κ1) is 21.5. The first-order valence-corrected chi connectivity index (χ1v) is 11.0. The van der Waals surface area contributed by atoms with Crippen LogP contribution in [0.3, 0.4) is 0 Å². The van der Waals surface area contributed by atoms with Gasteiger partial charge in [-0.3, -0.25) is 9.59 Å². The highest BCUT2D eigenvalue weighted by atomic mass is 16.1. The van der Waals surface area contributed by atoms with Crippen molar-refractivity contribution in [3.8, 4) is 22.5 Å². The normalized spacial score (nSPS) is 11.2. The van der Waals surface area contributed by atoms with Crippen molar-refractivity contribution in [2.75, 3.05) is 6.54 Å². The average Bonchev–Trinajstić information content (AvgIpc) is 3.18. The number of unbranched alkanes of at least 4 members (excludes halogenated alkanes) is 1. The van der Waals surface area contributed by atoms with Gasteiger partial charge in [0, 0.05) is 29.9 Å². The molecule has 0 aliphatic rings. The number of aromatic nitrogens is 4. The zero-order chi connectivity index (χ0) is 22.7. The van der Waals surface area contributed by atoms with Crippen molar-refractivity contribution in [3.63, 3.8) is 0 Å². The number of hydrogen-bond acceptors (Lipinski definition) is 4. The maximum Gasteiger partial charge on any atom is 0.267 e. The summed E-state index contributed by atoms with van der Waals surface area (Å²) in [6, 6.07) is 16.6. The Morgan fingerprint density at radius 3 is 2.56 bits per heavy atom. The zero-order valence-electron chi connectivity index (χ0n) is 18.6. The predicted molar refractivity (Wildman–Crippen MR) is 126 cm³/mol. The smallest absolute Gasteiger partial charge is 0.267 e. The maximum absolute atomic E-state index is 12.7. The van der Waals surface area contributed by atoms with Gasteiger partial charge in [0.25, 0.3) is 11.5 Å². The highest BCUT2D eigenvalue weighted by Gasteiger charge is 2.20. The van der Waals surface area contributed by atoms with Crippen LogP contribution in [0.1, 0.15) is 50.0 Å². The van der Waals surface area contributed by atoms with E-state index < -0.39 is 0 Å². The van der Waals surface area contributed by atoms with E-state index in [0.29, 0.717) is 17.8 Å². The first-order valence-electron chi connectivity index (χ1n) is 11.0. The molecule has 0 bridgehead atoms. The summed E-state index contributed by atoms with van der Waals surface area (Å²) in [6.07, 6.45) is 3.74. The van der Waals surface area contributed by atoms with Crippen molar-refractivity contribution < 1.29 is 4.79 Å². The highest BCUT2D eigenvalue weighted by molar-refractivity contribution is 5.98. The van der Waals surface area contributed by atoms with Gasteiger partial charge in [0.2, 0.25) is 0 Å². The largest absolute Gasteiger partial charge is 0.352 e. The van der Waals surface area contributed by atoms with Crippen molar-refractivity contribution in [2.24, 2.45) is 0 Å². The molecule has 3 aromatic heterocycles. The summed E-state index contributed by atoms with van der Waals surface area (Å²) < 4.78 is 3.22. The van der Waals surface area contributed by atoms with Gasteiger partial charge in [-0.25, -0.2) is 9.20 Å². The van der Waals surface area contributed by atoms with E-state index in [2.05, 4.69) is 17.3 Å². The number of carbonyl (C=O) groups excluding carboxylic acids is 1. The topological polar surface area (TPSA) is 81.3 Å². The lowest BCUT2D eigenvalue weighted by atomic mass is 10.0. The number of pyridine rings is 1. The van der Waals surface area contributed by atoms with Crippen LogP contribution in [0.15, 0.2) is 65.6 Å². The second kappa shape index (κ2) is 9.18. The molecule has 0 radical (unpaired) electrons. The van der Waals surface area contributed by atoms with Crippen molar-refractivity contribution in [1.82, 2.24) is 24.7 Å². The summed E-state index contributed by atoms with van der Waals surface area (Å²) in [7, 11) is 0. The van der Waals surface area contributed by atoms with Gasteiger partial charge in [-0.2, -0.15) is 10.2 Å². The minimum absolute atomic E-state index is 0.0793. The Labute approximate surface area is 186 Å². The molecule has 7 nitrogen and oxygen atoms in total. The number of rotatable bonds is 7. The third kappa shape index (κ3) is 4.19. The minimum Gasteiger partial charge on any atom is -0.352 e. The van der Waals surface area contributed by atoms with Crippen molar-refractivity contribution >= 4 is 11.4 Å². The third-order valence-electron chi connectivity index (χ3n) is 5.33. The van der Waals surface area contributed by atoms with Crippen LogP contribution in [0, 0.1) is 0 Å². The summed E-state index contributed by atoms with van der Waals surface area (Å²) in [5.41, 5.74) is 4.27. The average molecular weight is 430 g/mol. The second-order valence-corrected chi connectivity index (χ2v) is 8.04. The van der Waals surface area contributed by atoms with Crippen LogP contribution in [0.2, 0.25) is 0 Å². The molecule has 164 valence electrons.